The number of ether oxygens (including phenoxy) is 2. The molecule has 2 aromatic carbocycles. The number of aliphatic hydroxyl groups is 1. The van der Waals surface area contributed by atoms with E-state index in [0.29, 0.717) is 19.4 Å². The van der Waals surface area contributed by atoms with Crippen LogP contribution in [0.1, 0.15) is 48.1 Å². The van der Waals surface area contributed by atoms with Crippen molar-refractivity contribution in [3.8, 4) is 11.5 Å². The lowest BCUT2D eigenvalue weighted by atomic mass is 9.84. The molecule has 35 heavy (non-hydrogen) atoms. The molecule has 0 saturated carbocycles. The van der Waals surface area contributed by atoms with Gasteiger partial charge in [0.2, 0.25) is 0 Å². The van der Waals surface area contributed by atoms with Crippen LogP contribution in [0, 0.1) is 5.82 Å². The van der Waals surface area contributed by atoms with Gasteiger partial charge in [-0.2, -0.15) is 0 Å². The summed E-state index contributed by atoms with van der Waals surface area (Å²) < 4.78 is 24.8. The Morgan fingerprint density at radius 3 is 2.69 bits per heavy atom. The number of piperidine rings is 1. The molecule has 0 bridgehead atoms. The number of benzene rings is 2. The molecular weight excluding hydrogens is 443 g/mol. The fraction of sp³-hybridized carbons (Fsp3) is 0.345. The predicted octanol–water partition coefficient (Wildman–Crippen LogP) is 5.32. The molecule has 3 aromatic rings. The largest absolute Gasteiger partial charge is 0.497 e. The summed E-state index contributed by atoms with van der Waals surface area (Å²) in [5.41, 5.74) is 4.13. The standard InChI is InChI=1S/C29H31FN2O3/c1-34-23-11-12-28-26(19-23)24(25-6-4-15-31-27(25)20-35-28)5-2-3-16-32-17-13-29(33,14-18-32)21-7-9-22(30)10-8-21/h4-12,15,19,33H,2-3,13-14,16-18,20H2,1H3/b24-5+. The molecule has 0 amide bonds. The second-order valence-electron chi connectivity index (χ2n) is 9.29. The third-order valence-corrected chi connectivity index (χ3v) is 7.11. The zero-order valence-corrected chi connectivity index (χ0v) is 20.0. The maximum absolute atomic E-state index is 13.3. The van der Waals surface area contributed by atoms with Crippen LogP contribution in [-0.4, -0.2) is 41.7 Å². The summed E-state index contributed by atoms with van der Waals surface area (Å²) in [5.74, 6) is 1.36. The van der Waals surface area contributed by atoms with Crippen molar-refractivity contribution in [3.05, 3.63) is 95.1 Å². The van der Waals surface area contributed by atoms with E-state index >= 15 is 0 Å². The second-order valence-corrected chi connectivity index (χ2v) is 9.29. The molecule has 0 spiro atoms. The highest BCUT2D eigenvalue weighted by molar-refractivity contribution is 5.85. The zero-order chi connectivity index (χ0) is 24.3. The quantitative estimate of drug-likeness (QED) is 0.490. The first kappa shape index (κ1) is 23.5. The molecule has 5 nitrogen and oxygen atoms in total. The highest BCUT2D eigenvalue weighted by Gasteiger charge is 2.33. The minimum atomic E-state index is -0.869. The number of pyridine rings is 1. The molecule has 0 unspecified atom stereocenters. The van der Waals surface area contributed by atoms with Crippen molar-refractivity contribution in [2.24, 2.45) is 0 Å². The number of hydrogen-bond acceptors (Lipinski definition) is 5. The van der Waals surface area contributed by atoms with Gasteiger partial charge >= 0.3 is 0 Å². The SMILES string of the molecule is COc1ccc2c(c1)/C(=C/CCCN1CCC(O)(c3ccc(F)cc3)CC1)c1cccnc1CO2. The number of allylic oxidation sites excluding steroid dienone is 1. The summed E-state index contributed by atoms with van der Waals surface area (Å²) in [6, 6.07) is 16.2. The Labute approximate surface area is 205 Å². The van der Waals surface area contributed by atoms with Crippen molar-refractivity contribution in [1.29, 1.82) is 0 Å². The average Bonchev–Trinajstić information content (AvgIpc) is 3.04. The Balaban J connectivity index is 1.25. The van der Waals surface area contributed by atoms with Gasteiger partial charge in [-0.25, -0.2) is 4.39 Å². The summed E-state index contributed by atoms with van der Waals surface area (Å²) in [7, 11) is 1.67. The van der Waals surface area contributed by atoms with Crippen molar-refractivity contribution < 1.29 is 19.0 Å². The Hall–Kier alpha value is -3.22. The van der Waals surface area contributed by atoms with Crippen LogP contribution in [-0.2, 0) is 12.2 Å². The Morgan fingerprint density at radius 2 is 1.91 bits per heavy atom. The number of hydrogen-bond donors (Lipinski definition) is 1. The molecule has 3 heterocycles. The third-order valence-electron chi connectivity index (χ3n) is 7.11. The zero-order valence-electron chi connectivity index (χ0n) is 20.0. The van der Waals surface area contributed by atoms with Crippen LogP contribution in [0.15, 0.2) is 66.9 Å². The van der Waals surface area contributed by atoms with Crippen LogP contribution in [0.4, 0.5) is 4.39 Å². The molecule has 2 aliphatic heterocycles. The summed E-state index contributed by atoms with van der Waals surface area (Å²) in [5, 5.41) is 11.1. The molecule has 0 atom stereocenters. The molecule has 1 saturated heterocycles. The van der Waals surface area contributed by atoms with Crippen LogP contribution in [0.3, 0.4) is 0 Å². The van der Waals surface area contributed by atoms with Gasteiger partial charge in [0, 0.05) is 30.4 Å². The van der Waals surface area contributed by atoms with E-state index in [0.717, 1.165) is 71.9 Å². The van der Waals surface area contributed by atoms with Gasteiger partial charge in [-0.05, 0) is 79.8 Å². The fourth-order valence-electron chi connectivity index (χ4n) is 5.04. The van der Waals surface area contributed by atoms with E-state index in [4.69, 9.17) is 9.47 Å². The van der Waals surface area contributed by atoms with E-state index in [2.05, 4.69) is 22.0 Å². The lowest BCUT2D eigenvalue weighted by Crippen LogP contribution is -2.42. The van der Waals surface area contributed by atoms with Crippen molar-refractivity contribution in [2.75, 3.05) is 26.7 Å². The average molecular weight is 475 g/mol. The van der Waals surface area contributed by atoms with Crippen molar-refractivity contribution in [3.63, 3.8) is 0 Å². The highest BCUT2D eigenvalue weighted by atomic mass is 19.1. The number of rotatable bonds is 6. The molecule has 2 aliphatic rings. The van der Waals surface area contributed by atoms with Gasteiger partial charge in [0.05, 0.1) is 18.4 Å². The molecule has 182 valence electrons. The predicted molar refractivity (Wildman–Crippen MR) is 134 cm³/mol. The summed E-state index contributed by atoms with van der Waals surface area (Å²) in [6.07, 6.45) is 7.33. The number of fused-ring (bicyclic) bond motifs is 2. The van der Waals surface area contributed by atoms with Crippen molar-refractivity contribution in [2.45, 2.75) is 37.9 Å². The number of methoxy groups -OCH3 is 1. The maximum atomic E-state index is 13.3. The number of likely N-dealkylation sites (tertiary alicyclic amines) is 1. The van der Waals surface area contributed by atoms with E-state index in [1.807, 2.05) is 24.3 Å². The van der Waals surface area contributed by atoms with Gasteiger partial charge in [-0.1, -0.05) is 24.3 Å². The molecule has 0 aliphatic carbocycles. The smallest absolute Gasteiger partial charge is 0.131 e. The summed E-state index contributed by atoms with van der Waals surface area (Å²) >= 11 is 0. The first-order chi connectivity index (χ1) is 17.1. The molecule has 5 rings (SSSR count). The minimum absolute atomic E-state index is 0.274. The Bertz CT molecular complexity index is 1200. The van der Waals surface area contributed by atoms with Gasteiger partial charge < -0.3 is 19.5 Å². The van der Waals surface area contributed by atoms with Crippen LogP contribution < -0.4 is 9.47 Å². The lowest BCUT2D eigenvalue weighted by molar-refractivity contribution is -0.0259. The van der Waals surface area contributed by atoms with Crippen LogP contribution >= 0.6 is 0 Å². The Morgan fingerprint density at radius 1 is 1.11 bits per heavy atom. The van der Waals surface area contributed by atoms with E-state index in [-0.39, 0.29) is 5.82 Å². The van der Waals surface area contributed by atoms with Gasteiger partial charge in [0.1, 0.15) is 23.9 Å². The van der Waals surface area contributed by atoms with E-state index in [1.165, 1.54) is 12.1 Å². The lowest BCUT2D eigenvalue weighted by Gasteiger charge is -2.38. The van der Waals surface area contributed by atoms with Crippen molar-refractivity contribution in [1.82, 2.24) is 9.88 Å². The van der Waals surface area contributed by atoms with Crippen LogP contribution in [0.2, 0.25) is 0 Å². The second kappa shape index (κ2) is 10.2. The van der Waals surface area contributed by atoms with E-state index < -0.39 is 5.60 Å². The third kappa shape index (κ3) is 5.09. The van der Waals surface area contributed by atoms with Gasteiger partial charge in [-0.15, -0.1) is 0 Å². The van der Waals surface area contributed by atoms with Gasteiger partial charge in [0.25, 0.3) is 0 Å². The molecule has 1 aromatic heterocycles. The number of nitrogens with zero attached hydrogens (tertiary/aromatic N) is 2. The molecular formula is C29H31FN2O3. The highest BCUT2D eigenvalue weighted by Crippen LogP contribution is 2.38. The normalized spacial score (nSPS) is 18.3. The first-order valence-corrected chi connectivity index (χ1v) is 12.2. The molecule has 6 heteroatoms. The summed E-state index contributed by atoms with van der Waals surface area (Å²) in [6.45, 7) is 3.05. The maximum Gasteiger partial charge on any atom is 0.131 e. The van der Waals surface area contributed by atoms with Crippen LogP contribution in [0.25, 0.3) is 5.57 Å². The Kier molecular flexibility index (Phi) is 6.84. The van der Waals surface area contributed by atoms with Gasteiger partial charge in [-0.3, -0.25) is 4.98 Å². The number of halogens is 1. The van der Waals surface area contributed by atoms with Crippen molar-refractivity contribution >= 4 is 5.57 Å². The summed E-state index contributed by atoms with van der Waals surface area (Å²) in [4.78, 5) is 6.95. The number of aromatic nitrogens is 1. The molecule has 1 N–H and O–H groups in total. The monoisotopic (exact) mass is 474 g/mol. The number of unbranched alkanes of at least 4 members (excludes halogenated alkanes) is 1. The van der Waals surface area contributed by atoms with Crippen LogP contribution in [0.5, 0.6) is 11.5 Å². The minimum Gasteiger partial charge on any atom is -0.497 e. The van der Waals surface area contributed by atoms with E-state index in [1.54, 1.807) is 25.4 Å². The van der Waals surface area contributed by atoms with Gasteiger partial charge in [0.15, 0.2) is 0 Å². The first-order valence-electron chi connectivity index (χ1n) is 12.2. The topological polar surface area (TPSA) is 54.8 Å². The molecule has 0 radical (unpaired) electrons. The molecule has 1 fully saturated rings. The fourth-order valence-corrected chi connectivity index (χ4v) is 5.04. The van der Waals surface area contributed by atoms with E-state index in [9.17, 15) is 9.50 Å².